The number of carbonyl (C=O) groups is 2. The van der Waals surface area contributed by atoms with Crippen molar-refractivity contribution >= 4 is 26.4 Å². The SMILES string of the molecule is CC(C)(Cc1cccc(OC(=O)CCc2ccccc2)c1)NC[C@H](O[Si](C)(C)C(C)(C)C)c1ccc(OCc2ccccc2)c(NC=O)c1. The molecule has 2 N–H and O–H groups in total. The van der Waals surface area contributed by atoms with Crippen molar-refractivity contribution in [1.82, 2.24) is 5.32 Å². The van der Waals surface area contributed by atoms with Crippen LogP contribution in [0.4, 0.5) is 5.69 Å². The molecule has 0 aliphatic carbocycles. The van der Waals surface area contributed by atoms with E-state index >= 15 is 0 Å². The Morgan fingerprint density at radius 1 is 0.816 bits per heavy atom. The van der Waals surface area contributed by atoms with Gasteiger partial charge >= 0.3 is 5.97 Å². The van der Waals surface area contributed by atoms with E-state index in [1.165, 1.54) is 0 Å². The summed E-state index contributed by atoms with van der Waals surface area (Å²) < 4.78 is 18.8. The van der Waals surface area contributed by atoms with Gasteiger partial charge in [-0.2, -0.15) is 0 Å². The first-order chi connectivity index (χ1) is 23.2. The van der Waals surface area contributed by atoms with Gasteiger partial charge in [0.25, 0.3) is 0 Å². The smallest absolute Gasteiger partial charge is 0.311 e. The Kier molecular flexibility index (Phi) is 13.0. The van der Waals surface area contributed by atoms with Crippen LogP contribution in [0, 0.1) is 0 Å². The van der Waals surface area contributed by atoms with Crippen molar-refractivity contribution < 1.29 is 23.5 Å². The van der Waals surface area contributed by atoms with E-state index in [4.69, 9.17) is 13.9 Å². The van der Waals surface area contributed by atoms with E-state index in [1.54, 1.807) is 0 Å². The lowest BCUT2D eigenvalue weighted by molar-refractivity contribution is -0.134. The molecule has 1 atom stereocenters. The molecule has 0 saturated heterocycles. The van der Waals surface area contributed by atoms with Gasteiger partial charge in [0.15, 0.2) is 8.32 Å². The number of amides is 1. The van der Waals surface area contributed by atoms with E-state index in [1.807, 2.05) is 97.1 Å². The first kappa shape index (κ1) is 37.6. The summed E-state index contributed by atoms with van der Waals surface area (Å²) in [7, 11) is -2.19. The summed E-state index contributed by atoms with van der Waals surface area (Å²) >= 11 is 0. The van der Waals surface area contributed by atoms with E-state index in [0.717, 1.165) is 22.3 Å². The molecule has 0 aliphatic rings. The molecule has 0 spiro atoms. The summed E-state index contributed by atoms with van der Waals surface area (Å²) in [6.45, 7) is 16.5. The lowest BCUT2D eigenvalue weighted by atomic mass is 9.94. The molecule has 4 aromatic carbocycles. The van der Waals surface area contributed by atoms with Crippen LogP contribution in [-0.2, 0) is 33.5 Å². The highest BCUT2D eigenvalue weighted by Crippen LogP contribution is 2.41. The third-order valence-corrected chi connectivity index (χ3v) is 13.6. The summed E-state index contributed by atoms with van der Waals surface area (Å²) in [6, 6.07) is 33.5. The summed E-state index contributed by atoms with van der Waals surface area (Å²) in [4.78, 5) is 24.2. The first-order valence-electron chi connectivity index (χ1n) is 17.0. The Balaban J connectivity index is 1.46. The van der Waals surface area contributed by atoms with Gasteiger partial charge in [-0.15, -0.1) is 0 Å². The van der Waals surface area contributed by atoms with Crippen LogP contribution in [0.1, 0.15) is 69.4 Å². The van der Waals surface area contributed by atoms with Crippen molar-refractivity contribution in [1.29, 1.82) is 0 Å². The molecule has 0 saturated carbocycles. The molecular formula is C41H52N2O5Si. The van der Waals surface area contributed by atoms with E-state index in [9.17, 15) is 9.59 Å². The Morgan fingerprint density at radius 3 is 2.12 bits per heavy atom. The Hall–Kier alpha value is -4.24. The Morgan fingerprint density at radius 2 is 1.47 bits per heavy atom. The monoisotopic (exact) mass is 680 g/mol. The zero-order chi connectivity index (χ0) is 35.5. The summed E-state index contributed by atoms with van der Waals surface area (Å²) in [5.74, 6) is 0.902. The summed E-state index contributed by atoms with van der Waals surface area (Å²) in [5.41, 5.74) is 4.45. The van der Waals surface area contributed by atoms with Gasteiger partial charge < -0.3 is 24.5 Å². The number of ether oxygens (including phenoxy) is 2. The third-order valence-electron chi connectivity index (χ3n) is 9.07. The minimum absolute atomic E-state index is 0.00233. The molecular weight excluding hydrogens is 629 g/mol. The molecule has 7 nitrogen and oxygen atoms in total. The number of aryl methyl sites for hydroxylation is 1. The van der Waals surface area contributed by atoms with E-state index in [-0.39, 0.29) is 22.7 Å². The van der Waals surface area contributed by atoms with Crippen LogP contribution in [0.15, 0.2) is 103 Å². The minimum atomic E-state index is -2.19. The Labute approximate surface area is 293 Å². The van der Waals surface area contributed by atoms with Gasteiger partial charge in [-0.25, -0.2) is 0 Å². The number of rotatable bonds is 17. The second kappa shape index (κ2) is 16.9. The molecule has 49 heavy (non-hydrogen) atoms. The van der Waals surface area contributed by atoms with Crippen LogP contribution in [-0.4, -0.2) is 32.8 Å². The molecule has 0 aliphatic heterocycles. The van der Waals surface area contributed by atoms with Crippen molar-refractivity contribution in [2.24, 2.45) is 0 Å². The molecule has 0 unspecified atom stereocenters. The molecule has 4 aromatic rings. The van der Waals surface area contributed by atoms with Gasteiger partial charge in [-0.1, -0.05) is 99.6 Å². The zero-order valence-corrected chi connectivity index (χ0v) is 31.0. The zero-order valence-electron chi connectivity index (χ0n) is 30.0. The second-order valence-electron chi connectivity index (χ2n) is 14.7. The van der Waals surface area contributed by atoms with Crippen LogP contribution in [0.25, 0.3) is 0 Å². The molecule has 4 rings (SSSR count). The van der Waals surface area contributed by atoms with Crippen LogP contribution >= 0.6 is 0 Å². The lowest BCUT2D eigenvalue weighted by Crippen LogP contribution is -2.47. The first-order valence-corrected chi connectivity index (χ1v) is 19.9. The number of nitrogens with one attached hydrogen (secondary N) is 2. The normalized spacial score (nSPS) is 12.6. The Bertz CT molecular complexity index is 1650. The van der Waals surface area contributed by atoms with Crippen LogP contribution in [0.3, 0.4) is 0 Å². The van der Waals surface area contributed by atoms with E-state index in [2.05, 4.69) is 64.4 Å². The molecule has 260 valence electrons. The molecule has 0 aromatic heterocycles. The maximum Gasteiger partial charge on any atom is 0.311 e. The molecule has 0 bridgehead atoms. The number of benzene rings is 4. The number of esters is 1. The van der Waals surface area contributed by atoms with Gasteiger partial charge in [0.05, 0.1) is 11.8 Å². The maximum atomic E-state index is 12.6. The van der Waals surface area contributed by atoms with Crippen molar-refractivity contribution in [2.75, 3.05) is 11.9 Å². The lowest BCUT2D eigenvalue weighted by Gasteiger charge is -2.40. The highest BCUT2D eigenvalue weighted by atomic mass is 28.4. The number of hydrogen-bond acceptors (Lipinski definition) is 6. The molecule has 0 radical (unpaired) electrons. The maximum absolute atomic E-state index is 12.6. The van der Waals surface area contributed by atoms with Crippen LogP contribution < -0.4 is 20.1 Å². The fourth-order valence-corrected chi connectivity index (χ4v) is 6.56. The second-order valence-corrected chi connectivity index (χ2v) is 19.5. The van der Waals surface area contributed by atoms with Crippen molar-refractivity contribution in [3.8, 4) is 11.5 Å². The molecule has 0 fully saturated rings. The number of carbonyl (C=O) groups excluding carboxylic acids is 2. The van der Waals surface area contributed by atoms with Gasteiger partial charge in [0, 0.05) is 18.5 Å². The third kappa shape index (κ3) is 11.7. The summed E-state index contributed by atoms with van der Waals surface area (Å²) in [6.07, 6.45) is 2.08. The number of anilines is 1. The van der Waals surface area contributed by atoms with Gasteiger partial charge in [0.1, 0.15) is 18.1 Å². The highest BCUT2D eigenvalue weighted by Gasteiger charge is 2.40. The predicted molar refractivity (Wildman–Crippen MR) is 201 cm³/mol. The predicted octanol–water partition coefficient (Wildman–Crippen LogP) is 9.05. The van der Waals surface area contributed by atoms with E-state index < -0.39 is 8.32 Å². The van der Waals surface area contributed by atoms with Crippen LogP contribution in [0.2, 0.25) is 18.1 Å². The summed E-state index contributed by atoms with van der Waals surface area (Å²) in [5, 5.41) is 6.60. The highest BCUT2D eigenvalue weighted by molar-refractivity contribution is 6.74. The van der Waals surface area contributed by atoms with Gasteiger partial charge in [-0.05, 0) is 91.3 Å². The quantitative estimate of drug-likeness (QED) is 0.0501. The molecule has 1 amide bonds. The fraction of sp³-hybridized carbons (Fsp3) is 0.366. The van der Waals surface area contributed by atoms with E-state index in [0.29, 0.717) is 56.0 Å². The fourth-order valence-electron chi connectivity index (χ4n) is 5.28. The largest absolute Gasteiger partial charge is 0.487 e. The van der Waals surface area contributed by atoms with Gasteiger partial charge in [-0.3, -0.25) is 9.59 Å². The molecule has 0 heterocycles. The standard InChI is InChI=1S/C41H52N2O5Si/c1-40(2,3)49(6,7)48-38(34-22-23-37(36(26-34)42-30-44)46-29-32-17-12-9-13-18-32)28-43-41(4,5)27-33-19-14-20-35(25-33)47-39(45)24-21-31-15-10-8-11-16-31/h8-20,22-23,25-26,30,38,43H,21,24,27-29H2,1-7H3,(H,42,44)/t38-/m0/s1. The van der Waals surface area contributed by atoms with Gasteiger partial charge in [0.2, 0.25) is 6.41 Å². The van der Waals surface area contributed by atoms with Crippen molar-refractivity contribution in [3.05, 3.63) is 125 Å². The average molecular weight is 681 g/mol. The van der Waals surface area contributed by atoms with Crippen LogP contribution in [0.5, 0.6) is 11.5 Å². The average Bonchev–Trinajstić information content (AvgIpc) is 3.05. The molecule has 8 heteroatoms. The number of hydrogen-bond donors (Lipinski definition) is 2. The topological polar surface area (TPSA) is 85.9 Å². The minimum Gasteiger partial charge on any atom is -0.487 e. The van der Waals surface area contributed by atoms with Crippen molar-refractivity contribution in [2.45, 2.75) is 90.3 Å². The van der Waals surface area contributed by atoms with Crippen molar-refractivity contribution in [3.63, 3.8) is 0 Å².